The van der Waals surface area contributed by atoms with Crippen LogP contribution >= 0.6 is 12.2 Å². The molecule has 0 aliphatic heterocycles. The molecule has 0 saturated heterocycles. The van der Waals surface area contributed by atoms with Gasteiger partial charge in [0.15, 0.2) is 16.7 Å². The van der Waals surface area contributed by atoms with Crippen LogP contribution in [0.2, 0.25) is 0 Å². The maximum atomic E-state index is 5.89. The molecule has 0 aliphatic carbocycles. The third kappa shape index (κ3) is 2.61. The first kappa shape index (κ1) is 12.8. The Balaban J connectivity index is 2.21. The van der Waals surface area contributed by atoms with Gasteiger partial charge in [-0.1, -0.05) is 12.1 Å². The van der Waals surface area contributed by atoms with Crippen LogP contribution in [0.25, 0.3) is 0 Å². The zero-order chi connectivity index (χ0) is 13.1. The Morgan fingerprint density at radius 1 is 1.50 bits per heavy atom. The summed E-state index contributed by atoms with van der Waals surface area (Å²) in [6, 6.07) is 7.98. The average Bonchev–Trinajstić information content (AvgIpc) is 2.70. The van der Waals surface area contributed by atoms with Gasteiger partial charge in [-0.05, 0) is 50.7 Å². The monoisotopic (exact) mass is 263 g/mol. The lowest BCUT2D eigenvalue weighted by atomic mass is 10.2. The Morgan fingerprint density at radius 3 is 2.94 bits per heavy atom. The van der Waals surface area contributed by atoms with Crippen molar-refractivity contribution in [3.05, 3.63) is 40.4 Å². The fraction of sp³-hybridized carbons (Fsp3) is 0.385. The number of H-pyrrole nitrogens is 1. The van der Waals surface area contributed by atoms with Crippen molar-refractivity contribution in [3.63, 3.8) is 0 Å². The van der Waals surface area contributed by atoms with Gasteiger partial charge >= 0.3 is 0 Å². The van der Waals surface area contributed by atoms with Gasteiger partial charge in [0.2, 0.25) is 0 Å². The van der Waals surface area contributed by atoms with Gasteiger partial charge in [0, 0.05) is 6.54 Å². The first-order chi connectivity index (χ1) is 8.61. The molecule has 0 aliphatic rings. The van der Waals surface area contributed by atoms with E-state index in [1.54, 1.807) is 0 Å². The molecule has 0 fully saturated rings. The smallest absolute Gasteiger partial charge is 0.195 e. The largest absolute Gasteiger partial charge is 0.483 e. The molecule has 0 amide bonds. The van der Waals surface area contributed by atoms with Crippen molar-refractivity contribution in [2.75, 3.05) is 0 Å². The quantitative estimate of drug-likeness (QED) is 0.860. The van der Waals surface area contributed by atoms with E-state index >= 15 is 0 Å². The Kier molecular flexibility index (Phi) is 3.81. The molecule has 1 N–H and O–H groups in total. The summed E-state index contributed by atoms with van der Waals surface area (Å²) in [5.74, 6) is 1.67. The predicted octanol–water partition coefficient (Wildman–Crippen LogP) is 3.41. The summed E-state index contributed by atoms with van der Waals surface area (Å²) in [6.07, 6.45) is -0.139. The number of benzene rings is 1. The van der Waals surface area contributed by atoms with Gasteiger partial charge in [-0.25, -0.2) is 0 Å². The lowest BCUT2D eigenvalue weighted by molar-refractivity contribution is 0.210. The molecule has 0 unspecified atom stereocenters. The summed E-state index contributed by atoms with van der Waals surface area (Å²) in [5, 5.41) is 7.03. The van der Waals surface area contributed by atoms with E-state index in [2.05, 4.69) is 10.2 Å². The second kappa shape index (κ2) is 5.35. The average molecular weight is 263 g/mol. The van der Waals surface area contributed by atoms with E-state index < -0.39 is 0 Å². The second-order valence-corrected chi connectivity index (χ2v) is 4.59. The first-order valence-electron chi connectivity index (χ1n) is 6.00. The van der Waals surface area contributed by atoms with Gasteiger partial charge in [0.25, 0.3) is 0 Å². The molecule has 4 nitrogen and oxygen atoms in total. The van der Waals surface area contributed by atoms with Crippen LogP contribution in [0.4, 0.5) is 0 Å². The molecule has 1 heterocycles. The molecule has 96 valence electrons. The number of aromatic amines is 1. The Bertz CT molecular complexity index is 588. The minimum atomic E-state index is -0.139. The van der Waals surface area contributed by atoms with Crippen LogP contribution in [0.5, 0.6) is 5.75 Å². The molecular formula is C13H17N3OS. The van der Waals surface area contributed by atoms with Crippen molar-refractivity contribution >= 4 is 12.2 Å². The zero-order valence-electron chi connectivity index (χ0n) is 10.8. The fourth-order valence-electron chi connectivity index (χ4n) is 1.89. The van der Waals surface area contributed by atoms with E-state index in [1.165, 1.54) is 5.56 Å². The lowest BCUT2D eigenvalue weighted by Gasteiger charge is -2.15. The fourth-order valence-corrected chi connectivity index (χ4v) is 2.16. The van der Waals surface area contributed by atoms with E-state index in [0.717, 1.165) is 18.1 Å². The normalized spacial score (nSPS) is 12.4. The van der Waals surface area contributed by atoms with Gasteiger partial charge in [-0.3, -0.25) is 5.10 Å². The molecule has 18 heavy (non-hydrogen) atoms. The highest BCUT2D eigenvalue weighted by Gasteiger charge is 2.14. The van der Waals surface area contributed by atoms with Crippen molar-refractivity contribution < 1.29 is 4.74 Å². The lowest BCUT2D eigenvalue weighted by Crippen LogP contribution is -2.11. The molecule has 0 bridgehead atoms. The van der Waals surface area contributed by atoms with Crippen molar-refractivity contribution in [1.82, 2.24) is 14.8 Å². The van der Waals surface area contributed by atoms with Crippen LogP contribution in [-0.4, -0.2) is 14.8 Å². The van der Waals surface area contributed by atoms with Crippen LogP contribution < -0.4 is 4.74 Å². The van der Waals surface area contributed by atoms with E-state index in [0.29, 0.717) is 4.77 Å². The number of hydrogen-bond acceptors (Lipinski definition) is 3. The zero-order valence-corrected chi connectivity index (χ0v) is 11.6. The van der Waals surface area contributed by atoms with Crippen LogP contribution in [0, 0.1) is 11.7 Å². The highest BCUT2D eigenvalue weighted by atomic mass is 32.1. The predicted molar refractivity (Wildman–Crippen MR) is 73.3 cm³/mol. The van der Waals surface area contributed by atoms with Gasteiger partial charge in [-0.15, -0.1) is 0 Å². The van der Waals surface area contributed by atoms with E-state index in [4.69, 9.17) is 17.0 Å². The Labute approximate surface area is 112 Å². The molecule has 0 saturated carbocycles. The minimum absolute atomic E-state index is 0.139. The van der Waals surface area contributed by atoms with Gasteiger partial charge in [0.05, 0.1) is 0 Å². The van der Waals surface area contributed by atoms with E-state index in [9.17, 15) is 0 Å². The topological polar surface area (TPSA) is 42.8 Å². The van der Waals surface area contributed by atoms with Crippen LogP contribution in [-0.2, 0) is 6.54 Å². The van der Waals surface area contributed by atoms with Gasteiger partial charge in [0.1, 0.15) is 5.75 Å². The Hall–Kier alpha value is -1.62. The molecule has 1 aromatic heterocycles. The number of rotatable bonds is 4. The van der Waals surface area contributed by atoms with Crippen molar-refractivity contribution in [2.24, 2.45) is 0 Å². The van der Waals surface area contributed by atoms with Crippen molar-refractivity contribution in [2.45, 2.75) is 33.4 Å². The summed E-state index contributed by atoms with van der Waals surface area (Å²) in [7, 11) is 0. The Morgan fingerprint density at radius 2 is 2.28 bits per heavy atom. The molecule has 0 radical (unpaired) electrons. The third-order valence-electron chi connectivity index (χ3n) is 2.77. The molecule has 0 spiro atoms. The van der Waals surface area contributed by atoms with Crippen LogP contribution in [0.1, 0.15) is 31.3 Å². The maximum absolute atomic E-state index is 5.89. The standard InChI is InChI=1S/C13H17N3OS/c1-4-16-12(14-15-13(16)18)10(3)17-11-7-5-6-9(2)8-11/h5-8,10H,4H2,1-3H3,(H,15,18)/t10-/m0/s1. The van der Waals surface area contributed by atoms with E-state index in [1.807, 2.05) is 49.6 Å². The molecule has 2 aromatic rings. The highest BCUT2D eigenvalue weighted by molar-refractivity contribution is 7.71. The molecule has 1 aromatic carbocycles. The number of ether oxygens (including phenoxy) is 1. The number of hydrogen-bond donors (Lipinski definition) is 1. The van der Waals surface area contributed by atoms with Crippen molar-refractivity contribution in [3.8, 4) is 5.75 Å². The summed E-state index contributed by atoms with van der Waals surface area (Å²) in [6.45, 7) is 6.83. The third-order valence-corrected chi connectivity index (χ3v) is 3.08. The summed E-state index contributed by atoms with van der Waals surface area (Å²) in [4.78, 5) is 0. The number of aromatic nitrogens is 3. The van der Waals surface area contributed by atoms with Crippen LogP contribution in [0.15, 0.2) is 24.3 Å². The summed E-state index contributed by atoms with van der Waals surface area (Å²) >= 11 is 5.17. The SMILES string of the molecule is CCn1c([C@H](C)Oc2cccc(C)c2)n[nH]c1=S. The highest BCUT2D eigenvalue weighted by Crippen LogP contribution is 2.21. The van der Waals surface area contributed by atoms with Crippen LogP contribution in [0.3, 0.4) is 0 Å². The number of aryl methyl sites for hydroxylation is 1. The molecule has 2 rings (SSSR count). The molecular weight excluding hydrogens is 246 g/mol. The number of nitrogens with zero attached hydrogens (tertiary/aromatic N) is 2. The first-order valence-corrected chi connectivity index (χ1v) is 6.41. The summed E-state index contributed by atoms with van der Waals surface area (Å²) in [5.41, 5.74) is 1.18. The van der Waals surface area contributed by atoms with Gasteiger partial charge < -0.3 is 9.30 Å². The van der Waals surface area contributed by atoms with Crippen molar-refractivity contribution in [1.29, 1.82) is 0 Å². The number of nitrogens with one attached hydrogen (secondary N) is 1. The second-order valence-electron chi connectivity index (χ2n) is 4.21. The molecule has 1 atom stereocenters. The van der Waals surface area contributed by atoms with Gasteiger partial charge in [-0.2, -0.15) is 5.10 Å². The maximum Gasteiger partial charge on any atom is 0.195 e. The summed E-state index contributed by atoms with van der Waals surface area (Å²) < 4.78 is 8.46. The minimum Gasteiger partial charge on any atom is -0.483 e. The van der Waals surface area contributed by atoms with E-state index in [-0.39, 0.29) is 6.10 Å². The molecule has 5 heteroatoms.